The van der Waals surface area contributed by atoms with Gasteiger partial charge in [-0.3, -0.25) is 9.59 Å². The molecule has 9 heteroatoms. The highest BCUT2D eigenvalue weighted by atomic mass is 16.5. The fourth-order valence-corrected chi connectivity index (χ4v) is 3.46. The van der Waals surface area contributed by atoms with E-state index < -0.39 is 0 Å². The van der Waals surface area contributed by atoms with Crippen molar-refractivity contribution in [2.75, 3.05) is 13.7 Å². The first-order valence-electron chi connectivity index (χ1n) is 9.68. The van der Waals surface area contributed by atoms with Gasteiger partial charge >= 0.3 is 0 Å². The Bertz CT molecular complexity index is 1060. The van der Waals surface area contributed by atoms with Crippen LogP contribution in [0.5, 0.6) is 0 Å². The Kier molecular flexibility index (Phi) is 5.62. The highest BCUT2D eigenvalue weighted by molar-refractivity contribution is 5.94. The lowest BCUT2D eigenvalue weighted by molar-refractivity contribution is 0.0683. The van der Waals surface area contributed by atoms with Gasteiger partial charge in [-0.05, 0) is 12.5 Å². The first-order valence-corrected chi connectivity index (χ1v) is 9.68. The molecule has 0 fully saturated rings. The molecule has 3 aromatic rings. The molecule has 0 saturated carbocycles. The number of imidazole rings is 1. The largest absolute Gasteiger partial charge is 0.380 e. The number of fused-ring (bicyclic) bond motifs is 1. The number of nitrogens with one attached hydrogen (secondary N) is 1. The van der Waals surface area contributed by atoms with Gasteiger partial charge in [0.15, 0.2) is 11.5 Å². The molecule has 0 unspecified atom stereocenters. The van der Waals surface area contributed by atoms with E-state index in [0.717, 1.165) is 5.56 Å². The first kappa shape index (κ1) is 19.8. The predicted octanol–water partition coefficient (Wildman–Crippen LogP) is 1.91. The van der Waals surface area contributed by atoms with Crippen LogP contribution in [0.15, 0.2) is 41.1 Å². The Balaban J connectivity index is 1.42. The van der Waals surface area contributed by atoms with Crippen molar-refractivity contribution in [2.45, 2.75) is 33.2 Å². The zero-order valence-corrected chi connectivity index (χ0v) is 16.9. The lowest BCUT2D eigenvalue weighted by Gasteiger charge is -2.27. The van der Waals surface area contributed by atoms with Gasteiger partial charge in [0.25, 0.3) is 11.8 Å². The maximum absolute atomic E-state index is 12.8. The van der Waals surface area contributed by atoms with Crippen LogP contribution < -0.4 is 5.32 Å². The fourth-order valence-electron chi connectivity index (χ4n) is 3.46. The molecule has 3 heterocycles. The van der Waals surface area contributed by atoms with Gasteiger partial charge in [-0.1, -0.05) is 35.5 Å². The van der Waals surface area contributed by atoms with Crippen molar-refractivity contribution in [3.8, 4) is 0 Å². The molecule has 0 radical (unpaired) electrons. The molecule has 2 aromatic heterocycles. The number of benzene rings is 1. The topological polar surface area (TPSA) is 102 Å². The molecule has 4 rings (SSSR count). The molecule has 156 valence electrons. The van der Waals surface area contributed by atoms with E-state index in [2.05, 4.69) is 15.5 Å². The maximum atomic E-state index is 12.8. The van der Waals surface area contributed by atoms with Gasteiger partial charge in [0.1, 0.15) is 5.76 Å². The number of rotatable bonds is 7. The van der Waals surface area contributed by atoms with Crippen LogP contribution in [0.3, 0.4) is 0 Å². The van der Waals surface area contributed by atoms with E-state index in [1.54, 1.807) is 25.1 Å². The number of aromatic nitrogens is 3. The molecule has 0 aliphatic carbocycles. The van der Waals surface area contributed by atoms with Crippen molar-refractivity contribution in [3.63, 3.8) is 0 Å². The van der Waals surface area contributed by atoms with Crippen molar-refractivity contribution >= 4 is 11.8 Å². The highest BCUT2D eigenvalue weighted by Crippen LogP contribution is 2.17. The van der Waals surface area contributed by atoms with Crippen LogP contribution in [-0.2, 0) is 31.0 Å². The van der Waals surface area contributed by atoms with E-state index in [1.165, 1.54) is 0 Å². The molecule has 1 aliphatic rings. The number of carbonyl (C=O) groups excluding carboxylic acids is 2. The Morgan fingerprint density at radius 2 is 2.07 bits per heavy atom. The molecule has 0 spiro atoms. The van der Waals surface area contributed by atoms with E-state index in [1.807, 2.05) is 34.9 Å². The minimum atomic E-state index is -0.373. The molecule has 0 bridgehead atoms. The van der Waals surface area contributed by atoms with Crippen LogP contribution in [0.25, 0.3) is 0 Å². The van der Waals surface area contributed by atoms with Crippen LogP contribution in [0.1, 0.15) is 43.7 Å². The predicted molar refractivity (Wildman–Crippen MR) is 107 cm³/mol. The third kappa shape index (κ3) is 3.97. The van der Waals surface area contributed by atoms with Gasteiger partial charge in [0.05, 0.1) is 24.4 Å². The van der Waals surface area contributed by atoms with Crippen LogP contribution in [0.2, 0.25) is 0 Å². The number of ether oxygens (including phenoxy) is 1. The van der Waals surface area contributed by atoms with Crippen LogP contribution in [0.4, 0.5) is 0 Å². The molecule has 1 aliphatic heterocycles. The van der Waals surface area contributed by atoms with Gasteiger partial charge in [0, 0.05) is 32.9 Å². The number of nitrogens with zero attached hydrogens (tertiary/aromatic N) is 4. The van der Waals surface area contributed by atoms with E-state index in [9.17, 15) is 9.59 Å². The summed E-state index contributed by atoms with van der Waals surface area (Å²) in [6.45, 7) is 3.98. The van der Waals surface area contributed by atoms with Crippen molar-refractivity contribution in [3.05, 3.63) is 70.6 Å². The summed E-state index contributed by atoms with van der Waals surface area (Å²) in [6, 6.07) is 9.87. The van der Waals surface area contributed by atoms with Gasteiger partial charge in [0.2, 0.25) is 0 Å². The van der Waals surface area contributed by atoms with Gasteiger partial charge in [-0.15, -0.1) is 0 Å². The Hall–Kier alpha value is -3.46. The summed E-state index contributed by atoms with van der Waals surface area (Å²) >= 11 is 0. The molecule has 30 heavy (non-hydrogen) atoms. The van der Waals surface area contributed by atoms with Crippen molar-refractivity contribution in [1.82, 2.24) is 24.9 Å². The molecule has 1 aromatic carbocycles. The fraction of sp³-hybridized carbons (Fsp3) is 0.333. The van der Waals surface area contributed by atoms with Gasteiger partial charge in [-0.2, -0.15) is 0 Å². The summed E-state index contributed by atoms with van der Waals surface area (Å²) in [5.41, 5.74) is 2.50. The van der Waals surface area contributed by atoms with E-state index >= 15 is 0 Å². The molecule has 0 saturated heterocycles. The number of carbonyl (C=O) groups is 2. The molecular weight excluding hydrogens is 386 g/mol. The third-order valence-corrected chi connectivity index (χ3v) is 5.05. The summed E-state index contributed by atoms with van der Waals surface area (Å²) in [5.74, 6) is 0.446. The van der Waals surface area contributed by atoms with E-state index in [0.29, 0.717) is 42.5 Å². The van der Waals surface area contributed by atoms with E-state index in [4.69, 9.17) is 9.26 Å². The second-order valence-corrected chi connectivity index (χ2v) is 7.14. The van der Waals surface area contributed by atoms with Crippen molar-refractivity contribution in [1.29, 1.82) is 0 Å². The zero-order chi connectivity index (χ0) is 21.1. The van der Waals surface area contributed by atoms with Crippen LogP contribution in [-0.4, -0.2) is 45.1 Å². The average Bonchev–Trinajstić information content (AvgIpc) is 3.34. The quantitative estimate of drug-likeness (QED) is 0.640. The number of hydrogen-bond donors (Lipinski definition) is 1. The van der Waals surface area contributed by atoms with E-state index in [-0.39, 0.29) is 30.7 Å². The molecule has 1 N–H and O–H groups in total. The second-order valence-electron chi connectivity index (χ2n) is 7.14. The monoisotopic (exact) mass is 409 g/mol. The first-order chi connectivity index (χ1) is 14.6. The second kappa shape index (κ2) is 8.50. The van der Waals surface area contributed by atoms with Gasteiger partial charge in [-0.25, -0.2) is 4.98 Å². The minimum Gasteiger partial charge on any atom is -0.380 e. The summed E-state index contributed by atoms with van der Waals surface area (Å²) in [5, 5.41) is 6.60. The van der Waals surface area contributed by atoms with Crippen molar-refractivity contribution < 1.29 is 18.8 Å². The molecule has 2 amide bonds. The number of aryl methyl sites for hydroxylation is 1. The van der Waals surface area contributed by atoms with Crippen LogP contribution >= 0.6 is 0 Å². The third-order valence-electron chi connectivity index (χ3n) is 5.05. The number of methoxy groups -OCH3 is 1. The molecular formula is C21H23N5O4. The Morgan fingerprint density at radius 3 is 2.83 bits per heavy atom. The number of hydrogen-bond acceptors (Lipinski definition) is 6. The standard InChI is InChI=1S/C21H23N5O4/c1-14-17(13-29-2)18(24-30-14)20(27)22-10-16-12-25-8-9-26(21(28)19(25)23-16)11-15-6-4-3-5-7-15/h3-7,12H,8-11,13H2,1-2H3,(H,22,27). The smallest absolute Gasteiger partial charge is 0.290 e. The minimum absolute atomic E-state index is 0.114. The Labute approximate surface area is 173 Å². The highest BCUT2D eigenvalue weighted by Gasteiger charge is 2.27. The zero-order valence-electron chi connectivity index (χ0n) is 16.9. The number of amides is 2. The summed E-state index contributed by atoms with van der Waals surface area (Å²) in [6.07, 6.45) is 1.80. The average molecular weight is 409 g/mol. The normalized spacial score (nSPS) is 13.4. The lowest BCUT2D eigenvalue weighted by Crippen LogP contribution is -2.39. The maximum Gasteiger partial charge on any atom is 0.290 e. The molecule has 0 atom stereocenters. The van der Waals surface area contributed by atoms with Crippen LogP contribution in [0, 0.1) is 6.92 Å². The SMILES string of the molecule is COCc1c(C(=O)NCc2cn3c(n2)C(=O)N(Cc2ccccc2)CC3)noc1C. The lowest BCUT2D eigenvalue weighted by atomic mass is 10.2. The van der Waals surface area contributed by atoms with Gasteiger partial charge < -0.3 is 24.0 Å². The summed E-state index contributed by atoms with van der Waals surface area (Å²) in [7, 11) is 1.54. The summed E-state index contributed by atoms with van der Waals surface area (Å²) in [4.78, 5) is 31.6. The summed E-state index contributed by atoms with van der Waals surface area (Å²) < 4.78 is 12.0. The van der Waals surface area contributed by atoms with Crippen molar-refractivity contribution in [2.24, 2.45) is 0 Å². The Morgan fingerprint density at radius 1 is 1.27 bits per heavy atom. The molecule has 9 nitrogen and oxygen atoms in total.